The molecule has 0 spiro atoms. The zero-order chi connectivity index (χ0) is 14.0. The smallest absolute Gasteiger partial charge is 0.246 e. The zero-order valence-electron chi connectivity index (χ0n) is 11.7. The summed E-state index contributed by atoms with van der Waals surface area (Å²) in [5, 5.41) is 0. The van der Waals surface area contributed by atoms with Crippen molar-refractivity contribution in [3.8, 4) is 0 Å². The van der Waals surface area contributed by atoms with Crippen LogP contribution in [0.3, 0.4) is 0 Å². The van der Waals surface area contributed by atoms with E-state index in [1.54, 1.807) is 0 Å². The summed E-state index contributed by atoms with van der Waals surface area (Å²) in [6.45, 7) is 6.89. The molecule has 0 bridgehead atoms. The Balaban J connectivity index is 1.95. The van der Waals surface area contributed by atoms with Crippen LogP contribution in [0.2, 0.25) is 0 Å². The molecule has 2 atom stereocenters. The summed E-state index contributed by atoms with van der Waals surface area (Å²) in [5.74, 6) is -0.390. The van der Waals surface area contributed by atoms with E-state index in [1.165, 1.54) is 4.90 Å². The third kappa shape index (κ3) is 3.32. The van der Waals surface area contributed by atoms with E-state index < -0.39 is 6.04 Å². The minimum atomic E-state index is -0.539. The molecule has 2 N–H and O–H groups in total. The van der Waals surface area contributed by atoms with Crippen LogP contribution in [-0.4, -0.2) is 66.0 Å². The molecule has 2 unspecified atom stereocenters. The molecule has 0 aromatic carbocycles. The van der Waals surface area contributed by atoms with Gasteiger partial charge in [-0.25, -0.2) is 0 Å². The largest absolute Gasteiger partial charge is 0.374 e. The molecule has 2 heterocycles. The number of morpholine rings is 1. The van der Waals surface area contributed by atoms with Crippen LogP contribution in [0.1, 0.15) is 26.7 Å². The molecule has 2 aliphatic rings. The fraction of sp³-hybridized carbons (Fsp3) is 0.846. The van der Waals surface area contributed by atoms with E-state index in [4.69, 9.17) is 10.5 Å². The van der Waals surface area contributed by atoms with Crippen molar-refractivity contribution in [3.63, 3.8) is 0 Å². The first kappa shape index (κ1) is 14.4. The van der Waals surface area contributed by atoms with Crippen LogP contribution in [0.15, 0.2) is 0 Å². The van der Waals surface area contributed by atoms with Gasteiger partial charge in [-0.05, 0) is 20.3 Å². The fourth-order valence-corrected chi connectivity index (χ4v) is 2.58. The number of nitrogens with zero attached hydrogens (tertiary/aromatic N) is 2. The molecule has 0 saturated carbocycles. The number of hydrogen-bond acceptors (Lipinski definition) is 5. The van der Waals surface area contributed by atoms with E-state index in [1.807, 2.05) is 0 Å². The predicted octanol–water partition coefficient (Wildman–Crippen LogP) is -0.428. The van der Waals surface area contributed by atoms with Gasteiger partial charge in [-0.3, -0.25) is 19.4 Å². The summed E-state index contributed by atoms with van der Waals surface area (Å²) < 4.78 is 5.66. The average molecular weight is 269 g/mol. The number of imide groups is 1. The van der Waals surface area contributed by atoms with Gasteiger partial charge in [0.15, 0.2) is 0 Å². The Hall–Kier alpha value is -0.980. The van der Waals surface area contributed by atoms with Gasteiger partial charge < -0.3 is 10.5 Å². The third-order valence-corrected chi connectivity index (χ3v) is 3.84. The van der Waals surface area contributed by atoms with Gasteiger partial charge in [-0.2, -0.15) is 0 Å². The Kier molecular flexibility index (Phi) is 4.54. The monoisotopic (exact) mass is 269 g/mol. The van der Waals surface area contributed by atoms with Crippen molar-refractivity contribution >= 4 is 11.8 Å². The van der Waals surface area contributed by atoms with Crippen LogP contribution >= 0.6 is 0 Å². The maximum Gasteiger partial charge on any atom is 0.246 e. The number of nitrogens with two attached hydrogens (primary N) is 1. The number of carbonyl (C=O) groups is 2. The van der Waals surface area contributed by atoms with Gasteiger partial charge in [0.25, 0.3) is 0 Å². The second-order valence-corrected chi connectivity index (χ2v) is 5.57. The van der Waals surface area contributed by atoms with Crippen LogP contribution in [0.5, 0.6) is 0 Å². The second kappa shape index (κ2) is 5.98. The summed E-state index contributed by atoms with van der Waals surface area (Å²) in [6, 6.07) is -0.0936. The Labute approximate surface area is 113 Å². The van der Waals surface area contributed by atoms with Gasteiger partial charge in [-0.15, -0.1) is 0 Å². The molecule has 2 fully saturated rings. The van der Waals surface area contributed by atoms with Gasteiger partial charge >= 0.3 is 0 Å². The molecular weight excluding hydrogens is 246 g/mol. The summed E-state index contributed by atoms with van der Waals surface area (Å²) in [7, 11) is 0. The first-order chi connectivity index (χ1) is 8.99. The predicted molar refractivity (Wildman–Crippen MR) is 70.4 cm³/mol. The van der Waals surface area contributed by atoms with Crippen molar-refractivity contribution in [3.05, 3.63) is 0 Å². The van der Waals surface area contributed by atoms with E-state index in [-0.39, 0.29) is 17.9 Å². The molecule has 2 amide bonds. The minimum Gasteiger partial charge on any atom is -0.374 e. The fourth-order valence-electron chi connectivity index (χ4n) is 2.58. The van der Waals surface area contributed by atoms with Crippen molar-refractivity contribution in [2.45, 2.75) is 44.9 Å². The van der Waals surface area contributed by atoms with Crippen molar-refractivity contribution in [2.75, 3.05) is 26.2 Å². The lowest BCUT2D eigenvalue weighted by atomic mass is 10.0. The Bertz CT molecular complexity index is 359. The third-order valence-electron chi connectivity index (χ3n) is 3.84. The molecule has 2 saturated heterocycles. The van der Waals surface area contributed by atoms with Crippen molar-refractivity contribution in [2.24, 2.45) is 5.73 Å². The van der Waals surface area contributed by atoms with E-state index in [2.05, 4.69) is 18.7 Å². The van der Waals surface area contributed by atoms with Crippen LogP contribution in [0, 0.1) is 0 Å². The lowest BCUT2D eigenvalue weighted by molar-refractivity contribution is -0.153. The highest BCUT2D eigenvalue weighted by Crippen LogP contribution is 2.15. The molecule has 19 heavy (non-hydrogen) atoms. The summed E-state index contributed by atoms with van der Waals surface area (Å²) in [4.78, 5) is 27.3. The lowest BCUT2D eigenvalue weighted by Gasteiger charge is -2.38. The SMILES string of the molecule is CC(C)N1CCOC(CN2C(=O)CCC(N)C2=O)C1. The van der Waals surface area contributed by atoms with E-state index >= 15 is 0 Å². The highest BCUT2D eigenvalue weighted by Gasteiger charge is 2.35. The molecule has 0 aliphatic carbocycles. The quantitative estimate of drug-likeness (QED) is 0.704. The highest BCUT2D eigenvalue weighted by molar-refractivity contribution is 6.00. The molecule has 0 aromatic rings. The Morgan fingerprint density at radius 1 is 1.42 bits per heavy atom. The number of likely N-dealkylation sites (tertiary alicyclic amines) is 1. The van der Waals surface area contributed by atoms with Crippen LogP contribution < -0.4 is 5.73 Å². The molecule has 0 aromatic heterocycles. The first-order valence-corrected chi connectivity index (χ1v) is 6.94. The second-order valence-electron chi connectivity index (χ2n) is 5.57. The van der Waals surface area contributed by atoms with Gasteiger partial charge in [-0.1, -0.05) is 0 Å². The molecule has 0 radical (unpaired) electrons. The Morgan fingerprint density at radius 2 is 2.16 bits per heavy atom. The van der Waals surface area contributed by atoms with E-state index in [9.17, 15) is 9.59 Å². The van der Waals surface area contributed by atoms with Crippen molar-refractivity contribution in [1.82, 2.24) is 9.80 Å². The maximum atomic E-state index is 11.9. The summed E-state index contributed by atoms with van der Waals surface area (Å²) in [6.07, 6.45) is 0.708. The highest BCUT2D eigenvalue weighted by atomic mass is 16.5. The summed E-state index contributed by atoms with van der Waals surface area (Å²) >= 11 is 0. The number of carbonyl (C=O) groups excluding carboxylic acids is 2. The summed E-state index contributed by atoms with van der Waals surface area (Å²) in [5.41, 5.74) is 5.72. The average Bonchev–Trinajstić information content (AvgIpc) is 2.39. The van der Waals surface area contributed by atoms with Gasteiger partial charge in [0, 0.05) is 25.6 Å². The van der Waals surface area contributed by atoms with Crippen molar-refractivity contribution in [1.29, 1.82) is 0 Å². The normalized spacial score (nSPS) is 30.2. The molecule has 2 rings (SSSR count). The van der Waals surface area contributed by atoms with Crippen LogP contribution in [0.4, 0.5) is 0 Å². The van der Waals surface area contributed by atoms with Gasteiger partial charge in [0.2, 0.25) is 11.8 Å². The van der Waals surface area contributed by atoms with E-state index in [0.29, 0.717) is 32.0 Å². The maximum absolute atomic E-state index is 11.9. The number of hydrogen-bond donors (Lipinski definition) is 1. The molecule has 6 nitrogen and oxygen atoms in total. The number of piperidine rings is 1. The number of rotatable bonds is 3. The number of ether oxygens (including phenoxy) is 1. The van der Waals surface area contributed by atoms with Gasteiger partial charge in [0.1, 0.15) is 0 Å². The van der Waals surface area contributed by atoms with Gasteiger partial charge in [0.05, 0.1) is 25.3 Å². The van der Waals surface area contributed by atoms with Crippen LogP contribution in [-0.2, 0) is 14.3 Å². The molecule has 2 aliphatic heterocycles. The molecule has 108 valence electrons. The van der Waals surface area contributed by atoms with E-state index in [0.717, 1.165) is 13.1 Å². The van der Waals surface area contributed by atoms with Crippen molar-refractivity contribution < 1.29 is 14.3 Å². The zero-order valence-corrected chi connectivity index (χ0v) is 11.7. The number of amides is 2. The minimum absolute atomic E-state index is 0.102. The lowest BCUT2D eigenvalue weighted by Crippen LogP contribution is -2.56. The van der Waals surface area contributed by atoms with Crippen LogP contribution in [0.25, 0.3) is 0 Å². The molecular formula is C13H23N3O3. The molecule has 6 heteroatoms. The Morgan fingerprint density at radius 3 is 2.84 bits per heavy atom. The first-order valence-electron chi connectivity index (χ1n) is 6.94. The topological polar surface area (TPSA) is 75.9 Å². The standard InChI is InChI=1S/C13H23N3O3/c1-9(2)15-5-6-19-10(7-15)8-16-12(17)4-3-11(14)13(16)18/h9-11H,3-8,14H2,1-2H3.